The Morgan fingerprint density at radius 3 is 3.00 bits per heavy atom. The van der Waals surface area contributed by atoms with Gasteiger partial charge in [-0.25, -0.2) is 0 Å². The first-order valence-corrected chi connectivity index (χ1v) is 6.59. The summed E-state index contributed by atoms with van der Waals surface area (Å²) in [6.45, 7) is 2.11. The first kappa shape index (κ1) is 13.0. The van der Waals surface area contributed by atoms with Gasteiger partial charge < -0.3 is 10.5 Å². The van der Waals surface area contributed by atoms with Crippen LogP contribution >= 0.6 is 11.5 Å². The SMILES string of the molecule is CCCc1nnsc1C(N)c1c(OC)cnn1C. The maximum atomic E-state index is 6.30. The van der Waals surface area contributed by atoms with Gasteiger partial charge in [-0.05, 0) is 18.0 Å². The van der Waals surface area contributed by atoms with Crippen LogP contribution in [0.1, 0.15) is 35.7 Å². The fourth-order valence-electron chi connectivity index (χ4n) is 1.92. The van der Waals surface area contributed by atoms with Gasteiger partial charge in [0.2, 0.25) is 0 Å². The Labute approximate surface area is 110 Å². The summed E-state index contributed by atoms with van der Waals surface area (Å²) in [4.78, 5) is 0.985. The molecule has 0 saturated carbocycles. The second-order valence-corrected chi connectivity index (χ2v) is 4.82. The predicted molar refractivity (Wildman–Crippen MR) is 69.7 cm³/mol. The molecular weight excluding hydrogens is 250 g/mol. The topological polar surface area (TPSA) is 78.8 Å². The standard InChI is InChI=1S/C11H17N5OS/c1-4-5-7-11(18-15-14-7)9(12)10-8(17-3)6-13-16(10)2/h6,9H,4-5,12H2,1-3H3. The Kier molecular flexibility index (Phi) is 3.93. The molecule has 0 aliphatic rings. The molecule has 0 bridgehead atoms. The summed E-state index contributed by atoms with van der Waals surface area (Å²) in [5.41, 5.74) is 8.12. The van der Waals surface area contributed by atoms with Crippen LogP contribution in [0, 0.1) is 0 Å². The van der Waals surface area contributed by atoms with E-state index >= 15 is 0 Å². The van der Waals surface area contributed by atoms with Crippen molar-refractivity contribution in [2.45, 2.75) is 25.8 Å². The van der Waals surface area contributed by atoms with Gasteiger partial charge in [-0.2, -0.15) is 5.10 Å². The first-order valence-electron chi connectivity index (χ1n) is 5.81. The molecular formula is C11H17N5OS. The maximum Gasteiger partial charge on any atom is 0.161 e. The molecule has 1 unspecified atom stereocenters. The highest BCUT2D eigenvalue weighted by atomic mass is 32.1. The maximum absolute atomic E-state index is 6.30. The average Bonchev–Trinajstić information content (AvgIpc) is 2.95. The molecule has 2 aromatic heterocycles. The Morgan fingerprint density at radius 2 is 2.33 bits per heavy atom. The van der Waals surface area contributed by atoms with Crippen LogP contribution in [0.2, 0.25) is 0 Å². The van der Waals surface area contributed by atoms with Crippen molar-refractivity contribution < 1.29 is 4.74 Å². The summed E-state index contributed by atoms with van der Waals surface area (Å²) in [5.74, 6) is 0.695. The summed E-state index contributed by atoms with van der Waals surface area (Å²) in [6.07, 6.45) is 3.58. The lowest BCUT2D eigenvalue weighted by Gasteiger charge is -2.13. The molecule has 2 N–H and O–H groups in total. The number of aromatic nitrogens is 4. The van der Waals surface area contributed by atoms with E-state index in [2.05, 4.69) is 21.6 Å². The molecule has 2 aromatic rings. The van der Waals surface area contributed by atoms with Crippen LogP contribution in [-0.2, 0) is 13.5 Å². The third kappa shape index (κ3) is 2.23. The largest absolute Gasteiger partial charge is 0.493 e. The molecule has 0 amide bonds. The lowest BCUT2D eigenvalue weighted by atomic mass is 10.1. The number of ether oxygens (including phenoxy) is 1. The molecule has 2 rings (SSSR count). The van der Waals surface area contributed by atoms with Gasteiger partial charge in [-0.1, -0.05) is 17.8 Å². The fraction of sp³-hybridized carbons (Fsp3) is 0.545. The van der Waals surface area contributed by atoms with Crippen molar-refractivity contribution in [1.82, 2.24) is 19.4 Å². The average molecular weight is 267 g/mol. The van der Waals surface area contributed by atoms with Crippen molar-refractivity contribution in [2.75, 3.05) is 7.11 Å². The molecule has 18 heavy (non-hydrogen) atoms. The molecule has 7 heteroatoms. The summed E-state index contributed by atoms with van der Waals surface area (Å²) < 4.78 is 11.0. The van der Waals surface area contributed by atoms with Crippen molar-refractivity contribution in [3.05, 3.63) is 22.5 Å². The van der Waals surface area contributed by atoms with Gasteiger partial charge in [0.05, 0.1) is 29.9 Å². The highest BCUT2D eigenvalue weighted by molar-refractivity contribution is 7.05. The van der Waals surface area contributed by atoms with Crippen LogP contribution in [0.25, 0.3) is 0 Å². The zero-order valence-electron chi connectivity index (χ0n) is 10.8. The van der Waals surface area contributed by atoms with Crippen molar-refractivity contribution in [3.8, 4) is 5.75 Å². The molecule has 6 nitrogen and oxygen atoms in total. The summed E-state index contributed by atoms with van der Waals surface area (Å²) in [6, 6.07) is -0.297. The van der Waals surface area contributed by atoms with Gasteiger partial charge in [-0.3, -0.25) is 4.68 Å². The zero-order valence-corrected chi connectivity index (χ0v) is 11.6. The quantitative estimate of drug-likeness (QED) is 0.883. The van der Waals surface area contributed by atoms with Crippen LogP contribution in [-0.4, -0.2) is 26.5 Å². The van der Waals surface area contributed by atoms with Gasteiger partial charge in [0.1, 0.15) is 5.69 Å². The van der Waals surface area contributed by atoms with E-state index in [0.717, 1.165) is 29.1 Å². The van der Waals surface area contributed by atoms with E-state index in [-0.39, 0.29) is 6.04 Å². The number of methoxy groups -OCH3 is 1. The molecule has 1 atom stereocenters. The lowest BCUT2D eigenvalue weighted by Crippen LogP contribution is -2.17. The number of nitrogens with zero attached hydrogens (tertiary/aromatic N) is 4. The molecule has 0 radical (unpaired) electrons. The molecule has 0 spiro atoms. The van der Waals surface area contributed by atoms with Gasteiger partial charge in [0.15, 0.2) is 5.75 Å². The van der Waals surface area contributed by atoms with Crippen molar-refractivity contribution >= 4 is 11.5 Å². The van der Waals surface area contributed by atoms with Crippen LogP contribution in [0.3, 0.4) is 0 Å². The summed E-state index contributed by atoms with van der Waals surface area (Å²) in [7, 11) is 3.47. The molecule has 0 fully saturated rings. The van der Waals surface area contributed by atoms with Crippen molar-refractivity contribution in [1.29, 1.82) is 0 Å². The van der Waals surface area contributed by atoms with E-state index in [0.29, 0.717) is 5.75 Å². The van der Waals surface area contributed by atoms with E-state index in [1.807, 2.05) is 7.05 Å². The highest BCUT2D eigenvalue weighted by Gasteiger charge is 2.23. The molecule has 0 aliphatic carbocycles. The molecule has 2 heterocycles. The second kappa shape index (κ2) is 5.45. The number of hydrogen-bond donors (Lipinski definition) is 1. The minimum atomic E-state index is -0.297. The summed E-state index contributed by atoms with van der Waals surface area (Å²) >= 11 is 1.34. The highest BCUT2D eigenvalue weighted by Crippen LogP contribution is 2.31. The summed E-state index contributed by atoms with van der Waals surface area (Å²) in [5, 5.41) is 8.31. The Morgan fingerprint density at radius 1 is 1.56 bits per heavy atom. The van der Waals surface area contributed by atoms with Gasteiger partial charge in [-0.15, -0.1) is 5.10 Å². The van der Waals surface area contributed by atoms with E-state index in [1.54, 1.807) is 18.0 Å². The second-order valence-electron chi connectivity index (χ2n) is 4.03. The molecule has 0 aliphatic heterocycles. The predicted octanol–water partition coefficient (Wildman–Crippen LogP) is 1.28. The van der Waals surface area contributed by atoms with Gasteiger partial charge >= 0.3 is 0 Å². The number of hydrogen-bond acceptors (Lipinski definition) is 6. The molecule has 0 saturated heterocycles. The third-order valence-corrected chi connectivity index (χ3v) is 3.67. The van der Waals surface area contributed by atoms with Crippen molar-refractivity contribution in [3.63, 3.8) is 0 Å². The minimum Gasteiger partial charge on any atom is -0.493 e. The van der Waals surface area contributed by atoms with Crippen molar-refractivity contribution in [2.24, 2.45) is 12.8 Å². The monoisotopic (exact) mass is 267 g/mol. The normalized spacial score (nSPS) is 12.7. The number of aryl methyl sites for hydroxylation is 2. The molecule has 0 aromatic carbocycles. The Hall–Kier alpha value is -1.47. The number of rotatable bonds is 5. The van der Waals surface area contributed by atoms with E-state index < -0.39 is 0 Å². The number of nitrogens with two attached hydrogens (primary N) is 1. The lowest BCUT2D eigenvalue weighted by molar-refractivity contribution is 0.406. The molecule has 98 valence electrons. The van der Waals surface area contributed by atoms with Crippen LogP contribution in [0.15, 0.2) is 6.20 Å². The zero-order chi connectivity index (χ0) is 13.1. The van der Waals surface area contributed by atoms with Gasteiger partial charge in [0, 0.05) is 7.05 Å². The van der Waals surface area contributed by atoms with Crippen LogP contribution in [0.4, 0.5) is 0 Å². The van der Waals surface area contributed by atoms with E-state index in [4.69, 9.17) is 10.5 Å². The van der Waals surface area contributed by atoms with Crippen LogP contribution < -0.4 is 10.5 Å². The fourth-order valence-corrected chi connectivity index (χ4v) is 2.63. The van der Waals surface area contributed by atoms with Crippen LogP contribution in [0.5, 0.6) is 5.75 Å². The van der Waals surface area contributed by atoms with Gasteiger partial charge in [0.25, 0.3) is 0 Å². The van der Waals surface area contributed by atoms with E-state index in [9.17, 15) is 0 Å². The Balaban J connectivity index is 2.38. The minimum absolute atomic E-state index is 0.297. The Bertz CT molecular complexity index is 521. The first-order chi connectivity index (χ1) is 8.69. The third-order valence-electron chi connectivity index (χ3n) is 2.82. The van der Waals surface area contributed by atoms with E-state index in [1.165, 1.54) is 11.5 Å². The smallest absolute Gasteiger partial charge is 0.161 e.